The quantitative estimate of drug-likeness (QED) is 0.169. The number of allylic oxidation sites excluding steroid dienone is 1. The molecule has 6 rings (SSSR count). The zero-order valence-electron chi connectivity index (χ0n) is 21.4. The summed E-state index contributed by atoms with van der Waals surface area (Å²) in [5.41, 5.74) is 7.71. The van der Waals surface area contributed by atoms with Crippen LogP contribution in [0.2, 0.25) is 0 Å². The van der Waals surface area contributed by atoms with Crippen LogP contribution in [-0.4, -0.2) is 0 Å². The fourth-order valence-electron chi connectivity index (χ4n) is 5.11. The maximum atomic E-state index is 10.4. The molecule has 0 fully saturated rings. The minimum atomic E-state index is 0.648. The summed E-state index contributed by atoms with van der Waals surface area (Å²) in [6.45, 7) is 0. The minimum absolute atomic E-state index is 0.648. The van der Waals surface area contributed by atoms with Gasteiger partial charge in [0.1, 0.15) is 6.07 Å². The van der Waals surface area contributed by atoms with Crippen molar-refractivity contribution in [2.75, 3.05) is 4.90 Å². The van der Waals surface area contributed by atoms with Crippen molar-refractivity contribution in [1.82, 2.24) is 0 Å². The van der Waals surface area contributed by atoms with Crippen molar-refractivity contribution in [1.29, 1.82) is 5.26 Å². The number of hydrogen-bond acceptors (Lipinski definition) is 2. The van der Waals surface area contributed by atoms with Crippen molar-refractivity contribution >= 4 is 39.0 Å². The van der Waals surface area contributed by atoms with Gasteiger partial charge in [-0.15, -0.1) is 0 Å². The first-order valence-electron chi connectivity index (χ1n) is 13.0. The summed E-state index contributed by atoms with van der Waals surface area (Å²) in [6, 6.07) is 56.4. The van der Waals surface area contributed by atoms with Crippen molar-refractivity contribution in [3.05, 3.63) is 174 Å². The molecule has 0 aliphatic carbocycles. The summed E-state index contributed by atoms with van der Waals surface area (Å²) < 4.78 is 0. The van der Waals surface area contributed by atoms with Crippen LogP contribution in [0.5, 0.6) is 0 Å². The Hall–Kier alpha value is -5.39. The number of para-hydroxylation sites is 1. The Morgan fingerprint density at radius 2 is 0.974 bits per heavy atom. The van der Waals surface area contributed by atoms with Gasteiger partial charge in [0, 0.05) is 22.3 Å². The Morgan fingerprint density at radius 3 is 1.59 bits per heavy atom. The summed E-state index contributed by atoms with van der Waals surface area (Å²) in [5, 5.41) is 12.8. The van der Waals surface area contributed by atoms with Crippen LogP contribution >= 0.6 is 0 Å². The van der Waals surface area contributed by atoms with Crippen LogP contribution in [-0.2, 0) is 0 Å². The zero-order chi connectivity index (χ0) is 26.4. The van der Waals surface area contributed by atoms with Crippen molar-refractivity contribution < 1.29 is 0 Å². The first kappa shape index (κ1) is 24.0. The molecule has 0 aliphatic rings. The number of rotatable bonds is 6. The summed E-state index contributed by atoms with van der Waals surface area (Å²) in [7, 11) is 0. The highest BCUT2D eigenvalue weighted by Crippen LogP contribution is 2.39. The van der Waals surface area contributed by atoms with Gasteiger partial charge in [-0.25, -0.2) is 0 Å². The van der Waals surface area contributed by atoms with Gasteiger partial charge in [-0.3, -0.25) is 0 Å². The van der Waals surface area contributed by atoms with Crippen LogP contribution in [0.15, 0.2) is 158 Å². The molecule has 0 saturated heterocycles. The fraction of sp³-hybridized carbons (Fsp3) is 0. The highest BCUT2D eigenvalue weighted by Gasteiger charge is 2.17. The van der Waals surface area contributed by atoms with Gasteiger partial charge in [-0.05, 0) is 52.4 Å². The molecule has 0 bridgehead atoms. The lowest BCUT2D eigenvalue weighted by atomic mass is 9.90. The third-order valence-corrected chi connectivity index (χ3v) is 6.92. The Kier molecular flexibility index (Phi) is 6.72. The predicted molar refractivity (Wildman–Crippen MR) is 163 cm³/mol. The largest absolute Gasteiger partial charge is 0.310 e. The van der Waals surface area contributed by atoms with Crippen molar-refractivity contribution in [3.8, 4) is 6.07 Å². The van der Waals surface area contributed by atoms with E-state index in [1.165, 1.54) is 10.8 Å². The van der Waals surface area contributed by atoms with E-state index in [2.05, 4.69) is 126 Å². The second-order valence-electron chi connectivity index (χ2n) is 9.31. The van der Waals surface area contributed by atoms with Gasteiger partial charge in [0.25, 0.3) is 0 Å². The van der Waals surface area contributed by atoms with E-state index >= 15 is 0 Å². The SMILES string of the molecule is N#CC(=C(c1ccccc1)c1ccccc1)c1ccc(N(c2ccccc2)c2cccc3ccccc23)cc1. The number of hydrogen-bond donors (Lipinski definition) is 0. The molecule has 0 aliphatic heterocycles. The van der Waals surface area contributed by atoms with Gasteiger partial charge in [-0.2, -0.15) is 5.26 Å². The van der Waals surface area contributed by atoms with E-state index in [4.69, 9.17) is 0 Å². The van der Waals surface area contributed by atoms with Crippen LogP contribution in [0.3, 0.4) is 0 Å². The number of nitriles is 1. The Morgan fingerprint density at radius 1 is 0.462 bits per heavy atom. The zero-order valence-corrected chi connectivity index (χ0v) is 21.4. The summed E-state index contributed by atoms with van der Waals surface area (Å²) >= 11 is 0. The van der Waals surface area contributed by atoms with Gasteiger partial charge in [0.05, 0.1) is 11.3 Å². The molecule has 0 saturated carbocycles. The number of nitrogens with zero attached hydrogens (tertiary/aromatic N) is 2. The Bertz CT molecular complexity index is 1730. The third-order valence-electron chi connectivity index (χ3n) is 6.92. The summed E-state index contributed by atoms with van der Waals surface area (Å²) in [4.78, 5) is 2.27. The monoisotopic (exact) mass is 498 g/mol. The number of benzene rings is 6. The van der Waals surface area contributed by atoms with E-state index in [0.29, 0.717) is 5.57 Å². The lowest BCUT2D eigenvalue weighted by Crippen LogP contribution is -2.10. The second kappa shape index (κ2) is 10.9. The second-order valence-corrected chi connectivity index (χ2v) is 9.31. The van der Waals surface area contributed by atoms with Gasteiger partial charge in [0.15, 0.2) is 0 Å². The lowest BCUT2D eigenvalue weighted by Gasteiger charge is -2.27. The predicted octanol–water partition coefficient (Wildman–Crippen LogP) is 9.79. The lowest BCUT2D eigenvalue weighted by molar-refractivity contribution is 1.29. The molecule has 0 heterocycles. The summed E-state index contributed by atoms with van der Waals surface area (Å²) in [6.07, 6.45) is 0. The van der Waals surface area contributed by atoms with Crippen molar-refractivity contribution in [2.24, 2.45) is 0 Å². The van der Waals surface area contributed by atoms with Crippen LogP contribution in [0.25, 0.3) is 21.9 Å². The molecular formula is C37H26N2. The highest BCUT2D eigenvalue weighted by molar-refractivity contribution is 6.04. The molecule has 0 radical (unpaired) electrons. The van der Waals surface area contributed by atoms with E-state index in [1.54, 1.807) is 0 Å². The van der Waals surface area contributed by atoms with Crippen LogP contribution < -0.4 is 4.90 Å². The molecule has 39 heavy (non-hydrogen) atoms. The minimum Gasteiger partial charge on any atom is -0.310 e. The molecule has 6 aromatic rings. The molecule has 6 aromatic carbocycles. The molecule has 0 aromatic heterocycles. The Labute approximate surface area is 229 Å². The van der Waals surface area contributed by atoms with E-state index < -0.39 is 0 Å². The number of anilines is 3. The molecule has 0 spiro atoms. The molecule has 2 nitrogen and oxygen atoms in total. The molecule has 0 N–H and O–H groups in total. The molecule has 0 atom stereocenters. The van der Waals surface area contributed by atoms with E-state index in [9.17, 15) is 5.26 Å². The van der Waals surface area contributed by atoms with E-state index in [0.717, 1.165) is 39.3 Å². The van der Waals surface area contributed by atoms with Gasteiger partial charge < -0.3 is 4.90 Å². The fourth-order valence-corrected chi connectivity index (χ4v) is 5.11. The topological polar surface area (TPSA) is 27.0 Å². The van der Waals surface area contributed by atoms with Gasteiger partial charge in [0.2, 0.25) is 0 Å². The highest BCUT2D eigenvalue weighted by atomic mass is 15.1. The molecule has 0 unspecified atom stereocenters. The standard InChI is InChI=1S/C37H26N2/c38-27-35(37(30-14-4-1-5-15-30)31-16-6-2-7-17-31)29-23-25-33(26-24-29)39(32-19-8-3-9-20-32)36-22-12-18-28-13-10-11-21-34(28)36/h1-26H. The summed E-state index contributed by atoms with van der Waals surface area (Å²) in [5.74, 6) is 0. The molecule has 0 amide bonds. The third kappa shape index (κ3) is 4.82. The van der Waals surface area contributed by atoms with Crippen LogP contribution in [0.1, 0.15) is 16.7 Å². The van der Waals surface area contributed by atoms with Gasteiger partial charge >= 0.3 is 0 Å². The van der Waals surface area contributed by atoms with Crippen LogP contribution in [0, 0.1) is 11.3 Å². The normalized spacial score (nSPS) is 10.5. The van der Waals surface area contributed by atoms with E-state index in [1.807, 2.05) is 42.5 Å². The smallest absolute Gasteiger partial charge is 0.100 e. The van der Waals surface area contributed by atoms with Crippen LogP contribution in [0.4, 0.5) is 17.1 Å². The molecule has 184 valence electrons. The van der Waals surface area contributed by atoms with E-state index in [-0.39, 0.29) is 0 Å². The first-order chi connectivity index (χ1) is 19.3. The molecule has 2 heteroatoms. The Balaban J connectivity index is 1.51. The molecular weight excluding hydrogens is 472 g/mol. The average molecular weight is 499 g/mol. The van der Waals surface area contributed by atoms with Gasteiger partial charge in [-0.1, -0.05) is 127 Å². The number of fused-ring (bicyclic) bond motifs is 1. The average Bonchev–Trinajstić information content (AvgIpc) is 3.02. The van der Waals surface area contributed by atoms with Crippen molar-refractivity contribution in [2.45, 2.75) is 0 Å². The first-order valence-corrected chi connectivity index (χ1v) is 13.0. The maximum Gasteiger partial charge on any atom is 0.100 e. The maximum absolute atomic E-state index is 10.4. The van der Waals surface area contributed by atoms with Crippen molar-refractivity contribution in [3.63, 3.8) is 0 Å².